The van der Waals surface area contributed by atoms with Gasteiger partial charge in [0, 0.05) is 48.6 Å². The first kappa shape index (κ1) is 20.8. The summed E-state index contributed by atoms with van der Waals surface area (Å²) in [4.78, 5) is 1.99. The summed E-state index contributed by atoms with van der Waals surface area (Å²) >= 11 is 0. The summed E-state index contributed by atoms with van der Waals surface area (Å²) in [7, 11) is 3.92. The van der Waals surface area contributed by atoms with Gasteiger partial charge < -0.3 is 10.1 Å². The average Bonchev–Trinajstić information content (AvgIpc) is 2.54. The zero-order valence-corrected chi connectivity index (χ0v) is 17.8. The molecule has 0 unspecified atom stereocenters. The summed E-state index contributed by atoms with van der Waals surface area (Å²) in [5.41, 5.74) is 3.23. The molecule has 0 N–H and O–H groups in total. The molecule has 4 heteroatoms. The molecule has 0 aliphatic carbocycles. The van der Waals surface area contributed by atoms with Crippen molar-refractivity contribution in [2.75, 3.05) is 19.0 Å². The van der Waals surface area contributed by atoms with Crippen LogP contribution in [-0.2, 0) is 15.9 Å². The second-order valence-electron chi connectivity index (χ2n) is 9.31. The van der Waals surface area contributed by atoms with Crippen LogP contribution in [0.25, 0.3) is 0 Å². The van der Waals surface area contributed by atoms with Gasteiger partial charge in [-0.25, -0.2) is 0 Å². The van der Waals surface area contributed by atoms with Crippen LogP contribution in [-0.4, -0.2) is 25.0 Å². The molecular formula is C23H31N2O2. The van der Waals surface area contributed by atoms with E-state index in [0.29, 0.717) is 5.69 Å². The van der Waals surface area contributed by atoms with Gasteiger partial charge in [-0.05, 0) is 35.1 Å². The first-order chi connectivity index (χ1) is 12.3. The van der Waals surface area contributed by atoms with E-state index in [1.165, 1.54) is 0 Å². The van der Waals surface area contributed by atoms with Crippen molar-refractivity contribution in [1.82, 2.24) is 0 Å². The smallest absolute Gasteiger partial charge is 0.216 e. The molecule has 145 valence electrons. The lowest BCUT2D eigenvalue weighted by Crippen LogP contribution is -2.18. The van der Waals surface area contributed by atoms with Gasteiger partial charge in [0.2, 0.25) is 5.69 Å². The number of rotatable bonds is 3. The molecule has 2 aromatic rings. The molecule has 0 spiro atoms. The number of benzene rings is 2. The van der Waals surface area contributed by atoms with Crippen molar-refractivity contribution in [3.05, 3.63) is 58.3 Å². The van der Waals surface area contributed by atoms with E-state index in [4.69, 9.17) is 0 Å². The molecule has 0 amide bonds. The Morgan fingerprint density at radius 1 is 0.889 bits per heavy atom. The Labute approximate surface area is 163 Å². The van der Waals surface area contributed by atoms with Crippen LogP contribution in [0.2, 0.25) is 0 Å². The lowest BCUT2D eigenvalue weighted by Gasteiger charge is -2.26. The summed E-state index contributed by atoms with van der Waals surface area (Å²) < 4.78 is 0.859. The molecule has 27 heavy (non-hydrogen) atoms. The van der Waals surface area contributed by atoms with Gasteiger partial charge in [-0.15, -0.1) is 0 Å². The van der Waals surface area contributed by atoms with Crippen LogP contribution in [0.3, 0.4) is 0 Å². The van der Waals surface area contributed by atoms with E-state index >= 15 is 0 Å². The van der Waals surface area contributed by atoms with Crippen molar-refractivity contribution >= 4 is 17.6 Å². The quantitative estimate of drug-likeness (QED) is 0.300. The Hall–Kier alpha value is -2.49. The van der Waals surface area contributed by atoms with Crippen LogP contribution >= 0.6 is 0 Å². The zero-order valence-electron chi connectivity index (χ0n) is 17.8. The second kappa shape index (κ2) is 7.26. The van der Waals surface area contributed by atoms with Crippen LogP contribution in [0.4, 0.5) is 11.4 Å². The maximum Gasteiger partial charge on any atom is 0.216 e. The van der Waals surface area contributed by atoms with E-state index in [1.807, 2.05) is 84.8 Å². The minimum Gasteiger partial charge on any atom is -0.618 e. The van der Waals surface area contributed by atoms with Crippen molar-refractivity contribution in [2.24, 2.45) is 0 Å². The van der Waals surface area contributed by atoms with Crippen LogP contribution in [0.1, 0.15) is 58.2 Å². The molecule has 0 bridgehead atoms. The number of anilines is 1. The Bertz CT molecular complexity index is 801. The molecule has 2 rings (SSSR count). The minimum atomic E-state index is -0.290. The summed E-state index contributed by atoms with van der Waals surface area (Å²) in [6.07, 6.45) is 1.55. The molecule has 0 aliphatic heterocycles. The van der Waals surface area contributed by atoms with Crippen molar-refractivity contribution in [3.8, 4) is 5.75 Å². The van der Waals surface area contributed by atoms with Gasteiger partial charge >= 0.3 is 0 Å². The van der Waals surface area contributed by atoms with E-state index in [0.717, 1.165) is 27.1 Å². The van der Waals surface area contributed by atoms with Gasteiger partial charge in [0.05, 0.1) is 0 Å². The molecule has 0 heterocycles. The normalized spacial score (nSPS) is 13.0. The van der Waals surface area contributed by atoms with E-state index in [1.54, 1.807) is 18.3 Å². The monoisotopic (exact) mass is 367 g/mol. The van der Waals surface area contributed by atoms with Crippen molar-refractivity contribution < 1.29 is 9.85 Å². The zero-order chi connectivity index (χ0) is 20.6. The predicted octanol–water partition coefficient (Wildman–Crippen LogP) is 5.75. The van der Waals surface area contributed by atoms with Gasteiger partial charge in [0.15, 0.2) is 12.0 Å². The van der Waals surface area contributed by atoms with Crippen LogP contribution < -0.4 is 4.90 Å². The Balaban J connectivity index is 2.55. The van der Waals surface area contributed by atoms with E-state index in [-0.39, 0.29) is 16.6 Å². The molecular weight excluding hydrogens is 336 g/mol. The molecule has 0 aromatic heterocycles. The molecule has 1 radical (unpaired) electrons. The predicted molar refractivity (Wildman–Crippen MR) is 113 cm³/mol. The highest BCUT2D eigenvalue weighted by molar-refractivity contribution is 5.79. The lowest BCUT2D eigenvalue weighted by atomic mass is 9.78. The fourth-order valence-corrected chi connectivity index (χ4v) is 2.95. The van der Waals surface area contributed by atoms with Gasteiger partial charge in [-0.1, -0.05) is 41.5 Å². The van der Waals surface area contributed by atoms with E-state index < -0.39 is 0 Å². The standard InChI is InChI=1S/C23H31N2O2/c1-22(2,3)19-13-16(14-20(21(19)26)23(4,5)6)15-25(27)18-11-9-17(10-12-18)24(7)8/h9-15H,1-8H3/b25-15-. The van der Waals surface area contributed by atoms with Crippen molar-refractivity contribution in [2.45, 2.75) is 52.4 Å². The van der Waals surface area contributed by atoms with Crippen molar-refractivity contribution in [3.63, 3.8) is 0 Å². The topological polar surface area (TPSA) is 49.2 Å². The average molecular weight is 368 g/mol. The van der Waals surface area contributed by atoms with Gasteiger partial charge in [0.25, 0.3) is 0 Å². The van der Waals surface area contributed by atoms with Crippen LogP contribution in [0.15, 0.2) is 36.4 Å². The molecule has 0 aliphatic rings. The summed E-state index contributed by atoms with van der Waals surface area (Å²) in [6, 6.07) is 11.1. The maximum atomic E-state index is 13.0. The SMILES string of the molecule is CN(C)c1ccc(/[N+]([O-])=C/c2cc(C(C)(C)C)c([O])c(C(C)(C)C)c2)cc1. The molecule has 2 aromatic carbocycles. The van der Waals surface area contributed by atoms with Gasteiger partial charge in [-0.2, -0.15) is 4.74 Å². The fourth-order valence-electron chi connectivity index (χ4n) is 2.95. The lowest BCUT2D eigenvalue weighted by molar-refractivity contribution is -0.354. The van der Waals surface area contributed by atoms with Crippen LogP contribution in [0.5, 0.6) is 5.75 Å². The summed E-state index contributed by atoms with van der Waals surface area (Å²) in [6.45, 7) is 12.1. The third-order valence-corrected chi connectivity index (χ3v) is 4.61. The largest absolute Gasteiger partial charge is 0.618 e. The summed E-state index contributed by atoms with van der Waals surface area (Å²) in [5.74, 6) is 0.0694. The Kier molecular flexibility index (Phi) is 5.60. The highest BCUT2D eigenvalue weighted by Gasteiger charge is 2.28. The molecule has 0 fully saturated rings. The highest BCUT2D eigenvalue weighted by atomic mass is 16.5. The van der Waals surface area contributed by atoms with Crippen molar-refractivity contribution in [1.29, 1.82) is 0 Å². The first-order valence-corrected chi connectivity index (χ1v) is 9.25. The number of nitrogens with zero attached hydrogens (tertiary/aromatic N) is 2. The third kappa shape index (κ3) is 4.82. The van der Waals surface area contributed by atoms with E-state index in [9.17, 15) is 10.3 Å². The molecule has 0 saturated heterocycles. The Morgan fingerprint density at radius 2 is 1.33 bits per heavy atom. The molecule has 0 atom stereocenters. The third-order valence-electron chi connectivity index (χ3n) is 4.61. The number of hydrogen-bond acceptors (Lipinski definition) is 2. The fraction of sp³-hybridized carbons (Fsp3) is 0.435. The van der Waals surface area contributed by atoms with Crippen LogP contribution in [0, 0.1) is 5.21 Å². The maximum absolute atomic E-state index is 13.0. The minimum absolute atomic E-state index is 0.0694. The Morgan fingerprint density at radius 3 is 1.70 bits per heavy atom. The molecule has 0 saturated carbocycles. The molecule has 4 nitrogen and oxygen atoms in total. The number of hydrogen-bond donors (Lipinski definition) is 0. The highest BCUT2D eigenvalue weighted by Crippen LogP contribution is 2.40. The second-order valence-corrected chi connectivity index (χ2v) is 9.31. The first-order valence-electron chi connectivity index (χ1n) is 9.25. The van der Waals surface area contributed by atoms with E-state index in [2.05, 4.69) is 0 Å². The van der Waals surface area contributed by atoms with Gasteiger partial charge in [-0.3, -0.25) is 5.11 Å². The van der Waals surface area contributed by atoms with Gasteiger partial charge in [0.1, 0.15) is 0 Å². The summed E-state index contributed by atoms with van der Waals surface area (Å²) in [5, 5.41) is 25.6.